The fourth-order valence-electron chi connectivity index (χ4n) is 2.31. The van der Waals surface area contributed by atoms with Gasteiger partial charge in [-0.05, 0) is 48.4 Å². The molecule has 1 aliphatic heterocycles. The van der Waals surface area contributed by atoms with Gasteiger partial charge in [0.05, 0.1) is 11.6 Å². The number of hydrogen-bond acceptors (Lipinski definition) is 5. The van der Waals surface area contributed by atoms with Crippen molar-refractivity contribution in [3.8, 4) is 11.8 Å². The predicted molar refractivity (Wildman–Crippen MR) is 82.4 cm³/mol. The van der Waals surface area contributed by atoms with Crippen molar-refractivity contribution in [3.63, 3.8) is 0 Å². The van der Waals surface area contributed by atoms with E-state index in [1.807, 2.05) is 6.07 Å². The molecule has 2 aromatic carbocycles. The van der Waals surface area contributed by atoms with Crippen LogP contribution in [0, 0.1) is 11.3 Å². The van der Waals surface area contributed by atoms with Crippen LogP contribution in [0.1, 0.15) is 17.5 Å². The number of hydrogen-bond donors (Lipinski definition) is 1. The van der Waals surface area contributed by atoms with Gasteiger partial charge in [-0.2, -0.15) is 13.7 Å². The Morgan fingerprint density at radius 3 is 2.74 bits per heavy atom. The molecule has 0 atom stereocenters. The Morgan fingerprint density at radius 1 is 1.13 bits per heavy atom. The topological polar surface area (TPSA) is 96.3 Å². The Morgan fingerprint density at radius 2 is 1.96 bits per heavy atom. The number of benzene rings is 2. The van der Waals surface area contributed by atoms with Gasteiger partial charge in [-0.3, -0.25) is 4.79 Å². The van der Waals surface area contributed by atoms with Crippen molar-refractivity contribution >= 4 is 21.7 Å². The van der Waals surface area contributed by atoms with E-state index in [-0.39, 0.29) is 16.6 Å². The van der Waals surface area contributed by atoms with Crippen LogP contribution in [0.5, 0.6) is 5.75 Å². The van der Waals surface area contributed by atoms with E-state index in [9.17, 15) is 13.2 Å². The highest BCUT2D eigenvalue weighted by atomic mass is 32.2. The molecule has 0 unspecified atom stereocenters. The summed E-state index contributed by atoms with van der Waals surface area (Å²) in [5.74, 6) is -0.00671. The Hall–Kier alpha value is -2.85. The quantitative estimate of drug-likeness (QED) is 0.871. The molecule has 0 bridgehead atoms. The molecular weight excluding hydrogens is 316 g/mol. The third-order valence-corrected chi connectivity index (χ3v) is 4.67. The highest BCUT2D eigenvalue weighted by Crippen LogP contribution is 2.27. The van der Waals surface area contributed by atoms with E-state index in [0.717, 1.165) is 5.56 Å². The SMILES string of the molecule is N#Cc1cccc(OS(=O)(=O)c2ccc3c(c2)CCC(=O)N3)c1. The first-order valence-electron chi connectivity index (χ1n) is 6.85. The molecule has 6 nitrogen and oxygen atoms in total. The van der Waals surface area contributed by atoms with Crippen LogP contribution in [0.2, 0.25) is 0 Å². The third kappa shape index (κ3) is 3.17. The fraction of sp³-hybridized carbons (Fsp3) is 0.125. The van der Waals surface area contributed by atoms with Crippen LogP contribution in [-0.4, -0.2) is 14.3 Å². The molecule has 0 spiro atoms. The maximum atomic E-state index is 12.4. The molecular formula is C16H12N2O4S. The zero-order chi connectivity index (χ0) is 16.4. The summed E-state index contributed by atoms with van der Waals surface area (Å²) < 4.78 is 29.8. The van der Waals surface area contributed by atoms with E-state index in [1.54, 1.807) is 18.2 Å². The Balaban J connectivity index is 1.91. The molecule has 1 N–H and O–H groups in total. The van der Waals surface area contributed by atoms with Gasteiger partial charge in [-0.25, -0.2) is 0 Å². The standard InChI is InChI=1S/C16H12N2O4S/c17-10-11-2-1-3-13(8-11)22-23(20,21)14-5-6-15-12(9-14)4-7-16(19)18-15/h1-3,5-6,8-9H,4,7H2,(H,18,19). The maximum Gasteiger partial charge on any atom is 0.339 e. The van der Waals surface area contributed by atoms with Crippen molar-refractivity contribution in [2.24, 2.45) is 0 Å². The zero-order valence-electron chi connectivity index (χ0n) is 11.9. The molecule has 3 rings (SSSR count). The van der Waals surface area contributed by atoms with E-state index in [2.05, 4.69) is 5.32 Å². The molecule has 2 aromatic rings. The summed E-state index contributed by atoms with van der Waals surface area (Å²) in [4.78, 5) is 11.3. The van der Waals surface area contributed by atoms with Crippen molar-refractivity contribution in [3.05, 3.63) is 53.6 Å². The highest BCUT2D eigenvalue weighted by Gasteiger charge is 2.21. The number of nitrogens with zero attached hydrogens (tertiary/aromatic N) is 1. The van der Waals surface area contributed by atoms with Crippen LogP contribution in [0.4, 0.5) is 5.69 Å². The highest BCUT2D eigenvalue weighted by molar-refractivity contribution is 7.87. The lowest BCUT2D eigenvalue weighted by molar-refractivity contribution is -0.116. The number of nitrogens with one attached hydrogen (secondary N) is 1. The normalized spacial score (nSPS) is 13.6. The third-order valence-electron chi connectivity index (χ3n) is 3.43. The number of rotatable bonds is 3. The number of nitriles is 1. The minimum absolute atomic E-state index is 0.00904. The largest absolute Gasteiger partial charge is 0.379 e. The molecule has 0 radical (unpaired) electrons. The van der Waals surface area contributed by atoms with Gasteiger partial charge in [0.1, 0.15) is 10.6 Å². The van der Waals surface area contributed by atoms with Crippen molar-refractivity contribution in [2.75, 3.05) is 5.32 Å². The summed E-state index contributed by atoms with van der Waals surface area (Å²) in [7, 11) is -4.01. The lowest BCUT2D eigenvalue weighted by Crippen LogP contribution is -2.19. The van der Waals surface area contributed by atoms with Gasteiger partial charge in [0.2, 0.25) is 5.91 Å². The van der Waals surface area contributed by atoms with Crippen molar-refractivity contribution in [1.29, 1.82) is 5.26 Å². The monoisotopic (exact) mass is 328 g/mol. The van der Waals surface area contributed by atoms with Crippen LogP contribution < -0.4 is 9.50 Å². The van der Waals surface area contributed by atoms with Crippen molar-refractivity contribution in [2.45, 2.75) is 17.7 Å². The fourth-order valence-corrected chi connectivity index (χ4v) is 3.28. The summed E-state index contributed by atoms with van der Waals surface area (Å²) in [6.45, 7) is 0. The average molecular weight is 328 g/mol. The van der Waals surface area contributed by atoms with Gasteiger partial charge in [-0.15, -0.1) is 0 Å². The predicted octanol–water partition coefficient (Wildman–Crippen LogP) is 2.21. The molecule has 0 saturated heterocycles. The summed E-state index contributed by atoms with van der Waals surface area (Å²) in [5.41, 5.74) is 1.68. The smallest absolute Gasteiger partial charge is 0.339 e. The van der Waals surface area contributed by atoms with Crippen molar-refractivity contribution < 1.29 is 17.4 Å². The first kappa shape index (κ1) is 15.1. The van der Waals surface area contributed by atoms with Crippen LogP contribution in [-0.2, 0) is 21.3 Å². The molecule has 116 valence electrons. The van der Waals surface area contributed by atoms with E-state index >= 15 is 0 Å². The lowest BCUT2D eigenvalue weighted by Gasteiger charge is -2.17. The Bertz CT molecular complexity index is 929. The number of anilines is 1. The second-order valence-corrected chi connectivity index (χ2v) is 6.59. The molecule has 0 aromatic heterocycles. The minimum atomic E-state index is -4.01. The van der Waals surface area contributed by atoms with E-state index in [4.69, 9.17) is 9.44 Å². The number of fused-ring (bicyclic) bond motifs is 1. The number of aryl methyl sites for hydroxylation is 1. The molecule has 7 heteroatoms. The summed E-state index contributed by atoms with van der Waals surface area (Å²) >= 11 is 0. The van der Waals surface area contributed by atoms with Gasteiger partial charge in [-0.1, -0.05) is 6.07 Å². The Labute approximate surface area is 133 Å². The van der Waals surface area contributed by atoms with Crippen LogP contribution >= 0.6 is 0 Å². The van der Waals surface area contributed by atoms with Gasteiger partial charge in [0.15, 0.2) is 0 Å². The van der Waals surface area contributed by atoms with Crippen LogP contribution in [0.3, 0.4) is 0 Å². The Kier molecular flexibility index (Phi) is 3.76. The van der Waals surface area contributed by atoms with E-state index < -0.39 is 10.1 Å². The van der Waals surface area contributed by atoms with Crippen LogP contribution in [0.15, 0.2) is 47.4 Å². The van der Waals surface area contributed by atoms with Gasteiger partial charge < -0.3 is 9.50 Å². The summed E-state index contributed by atoms with van der Waals surface area (Å²) in [5, 5.41) is 11.5. The average Bonchev–Trinajstić information content (AvgIpc) is 2.54. The lowest BCUT2D eigenvalue weighted by atomic mass is 10.0. The molecule has 1 heterocycles. The molecule has 23 heavy (non-hydrogen) atoms. The second kappa shape index (κ2) is 5.74. The number of carbonyl (C=O) groups excluding carboxylic acids is 1. The molecule has 0 fully saturated rings. The van der Waals surface area contributed by atoms with Crippen molar-refractivity contribution in [1.82, 2.24) is 0 Å². The first-order chi connectivity index (χ1) is 11.0. The maximum absolute atomic E-state index is 12.4. The minimum Gasteiger partial charge on any atom is -0.379 e. The van der Waals surface area contributed by atoms with E-state index in [0.29, 0.717) is 24.1 Å². The van der Waals surface area contributed by atoms with E-state index in [1.165, 1.54) is 24.3 Å². The van der Waals surface area contributed by atoms with Gasteiger partial charge in [0, 0.05) is 12.1 Å². The number of amides is 1. The summed E-state index contributed by atoms with van der Waals surface area (Å²) in [6.07, 6.45) is 0.802. The first-order valence-corrected chi connectivity index (χ1v) is 8.26. The van der Waals surface area contributed by atoms with Gasteiger partial charge in [0.25, 0.3) is 0 Å². The zero-order valence-corrected chi connectivity index (χ0v) is 12.8. The molecule has 1 aliphatic rings. The number of carbonyl (C=O) groups is 1. The second-order valence-electron chi connectivity index (χ2n) is 5.04. The van der Waals surface area contributed by atoms with Crippen LogP contribution in [0.25, 0.3) is 0 Å². The summed E-state index contributed by atoms with van der Waals surface area (Å²) in [6, 6.07) is 12.3. The van der Waals surface area contributed by atoms with Gasteiger partial charge >= 0.3 is 10.1 Å². The molecule has 0 saturated carbocycles. The molecule has 1 amide bonds. The molecule has 0 aliphatic carbocycles.